The summed E-state index contributed by atoms with van der Waals surface area (Å²) in [5.74, 6) is 0. The van der Waals surface area contributed by atoms with Crippen molar-refractivity contribution in [2.45, 2.75) is 4.90 Å². The van der Waals surface area contributed by atoms with Gasteiger partial charge in [-0.1, -0.05) is 23.2 Å². The van der Waals surface area contributed by atoms with E-state index in [-0.39, 0.29) is 0 Å². The Morgan fingerprint density at radius 2 is 1.71 bits per heavy atom. The van der Waals surface area contributed by atoms with E-state index in [9.17, 15) is 0 Å². The van der Waals surface area contributed by atoms with Gasteiger partial charge in [-0.25, -0.2) is 0 Å². The predicted molar refractivity (Wildman–Crippen MR) is 61.3 cm³/mol. The predicted octanol–water partition coefficient (Wildman–Crippen LogP) is 3.66. The van der Waals surface area contributed by atoms with E-state index in [4.69, 9.17) is 23.2 Å². The van der Waals surface area contributed by atoms with Gasteiger partial charge in [-0.3, -0.25) is 0 Å². The SMILES string of the molecule is CSc1ccc2c(Cl)nnc(Cl)c2c1. The van der Waals surface area contributed by atoms with Crippen molar-refractivity contribution in [3.63, 3.8) is 0 Å². The summed E-state index contributed by atoms with van der Waals surface area (Å²) in [5.41, 5.74) is 0. The topological polar surface area (TPSA) is 25.8 Å². The van der Waals surface area contributed by atoms with Crippen molar-refractivity contribution in [2.24, 2.45) is 0 Å². The van der Waals surface area contributed by atoms with Crippen LogP contribution in [0.3, 0.4) is 0 Å². The van der Waals surface area contributed by atoms with Crippen LogP contribution in [0, 0.1) is 0 Å². The summed E-state index contributed by atoms with van der Waals surface area (Å²) in [6, 6.07) is 5.85. The monoisotopic (exact) mass is 244 g/mol. The lowest BCUT2D eigenvalue weighted by Gasteiger charge is -2.02. The van der Waals surface area contributed by atoms with Crippen molar-refractivity contribution in [1.82, 2.24) is 10.2 Å². The van der Waals surface area contributed by atoms with E-state index in [1.54, 1.807) is 11.8 Å². The molecule has 5 heteroatoms. The van der Waals surface area contributed by atoms with Crippen molar-refractivity contribution in [3.05, 3.63) is 28.5 Å². The van der Waals surface area contributed by atoms with Gasteiger partial charge in [0.2, 0.25) is 0 Å². The minimum atomic E-state index is 0.386. The molecule has 0 aliphatic heterocycles. The molecule has 0 amide bonds. The quantitative estimate of drug-likeness (QED) is 0.717. The molecule has 2 rings (SSSR count). The minimum Gasteiger partial charge on any atom is -0.136 e. The summed E-state index contributed by atoms with van der Waals surface area (Å²) in [6.07, 6.45) is 2.01. The van der Waals surface area contributed by atoms with E-state index >= 15 is 0 Å². The zero-order valence-electron chi connectivity index (χ0n) is 7.29. The van der Waals surface area contributed by atoms with Gasteiger partial charge < -0.3 is 0 Å². The molecule has 0 saturated carbocycles. The third kappa shape index (κ3) is 1.67. The Hall–Kier alpha value is -0.510. The number of rotatable bonds is 1. The van der Waals surface area contributed by atoms with E-state index in [2.05, 4.69) is 10.2 Å². The van der Waals surface area contributed by atoms with Crippen LogP contribution in [0.5, 0.6) is 0 Å². The van der Waals surface area contributed by atoms with Gasteiger partial charge in [-0.2, -0.15) is 0 Å². The first-order valence-electron chi connectivity index (χ1n) is 3.88. The Morgan fingerprint density at radius 1 is 1.07 bits per heavy atom. The number of aromatic nitrogens is 2. The van der Waals surface area contributed by atoms with Crippen LogP contribution in [0.25, 0.3) is 10.8 Å². The minimum absolute atomic E-state index is 0.386. The van der Waals surface area contributed by atoms with Crippen molar-refractivity contribution in [3.8, 4) is 0 Å². The molecular weight excluding hydrogens is 239 g/mol. The fraction of sp³-hybridized carbons (Fsp3) is 0.111. The van der Waals surface area contributed by atoms with Crippen LogP contribution in [-0.4, -0.2) is 16.5 Å². The van der Waals surface area contributed by atoms with Gasteiger partial charge in [0.25, 0.3) is 0 Å². The van der Waals surface area contributed by atoms with Crippen LogP contribution in [0.2, 0.25) is 10.3 Å². The van der Waals surface area contributed by atoms with Crippen LogP contribution < -0.4 is 0 Å². The number of hydrogen-bond acceptors (Lipinski definition) is 3. The number of benzene rings is 1. The molecule has 1 heterocycles. The number of hydrogen-bond donors (Lipinski definition) is 0. The van der Waals surface area contributed by atoms with Crippen molar-refractivity contribution in [2.75, 3.05) is 6.26 Å². The van der Waals surface area contributed by atoms with Gasteiger partial charge in [0, 0.05) is 15.7 Å². The maximum Gasteiger partial charge on any atom is 0.159 e. The van der Waals surface area contributed by atoms with Crippen LogP contribution in [-0.2, 0) is 0 Å². The maximum atomic E-state index is 5.92. The second kappa shape index (κ2) is 3.93. The van der Waals surface area contributed by atoms with Crippen LogP contribution in [0.15, 0.2) is 23.1 Å². The van der Waals surface area contributed by atoms with E-state index in [1.807, 2.05) is 24.5 Å². The lowest BCUT2D eigenvalue weighted by molar-refractivity contribution is 1.05. The molecule has 72 valence electrons. The lowest BCUT2D eigenvalue weighted by Crippen LogP contribution is -1.86. The van der Waals surface area contributed by atoms with Gasteiger partial charge >= 0.3 is 0 Å². The zero-order chi connectivity index (χ0) is 10.1. The summed E-state index contributed by atoms with van der Waals surface area (Å²) < 4.78 is 0. The smallest absolute Gasteiger partial charge is 0.136 e. The van der Waals surface area contributed by atoms with Gasteiger partial charge in [-0.05, 0) is 24.5 Å². The normalized spacial score (nSPS) is 10.8. The fourth-order valence-electron chi connectivity index (χ4n) is 1.20. The third-order valence-corrected chi connectivity index (χ3v) is 3.18. The molecule has 14 heavy (non-hydrogen) atoms. The highest BCUT2D eigenvalue weighted by atomic mass is 35.5. The molecule has 0 N–H and O–H groups in total. The maximum absolute atomic E-state index is 5.92. The van der Waals surface area contributed by atoms with E-state index in [1.165, 1.54) is 0 Å². The molecule has 0 atom stereocenters. The standard InChI is InChI=1S/C9H6Cl2N2S/c1-14-5-2-3-6-7(4-5)9(11)13-12-8(6)10/h2-4H,1H3. The highest BCUT2D eigenvalue weighted by Crippen LogP contribution is 2.29. The van der Waals surface area contributed by atoms with Gasteiger partial charge in [-0.15, -0.1) is 22.0 Å². The summed E-state index contributed by atoms with van der Waals surface area (Å²) in [7, 11) is 0. The first-order valence-corrected chi connectivity index (χ1v) is 5.86. The summed E-state index contributed by atoms with van der Waals surface area (Å²) in [4.78, 5) is 1.13. The molecular formula is C9H6Cl2N2S. The Balaban J connectivity index is 2.80. The van der Waals surface area contributed by atoms with Crippen molar-refractivity contribution >= 4 is 45.7 Å². The second-order valence-electron chi connectivity index (χ2n) is 2.69. The molecule has 0 spiro atoms. The van der Waals surface area contributed by atoms with Crippen LogP contribution in [0.4, 0.5) is 0 Å². The van der Waals surface area contributed by atoms with Crippen LogP contribution in [0.1, 0.15) is 0 Å². The largest absolute Gasteiger partial charge is 0.159 e. The van der Waals surface area contributed by atoms with E-state index in [0.29, 0.717) is 10.3 Å². The highest BCUT2D eigenvalue weighted by Gasteiger charge is 2.06. The zero-order valence-corrected chi connectivity index (χ0v) is 9.62. The van der Waals surface area contributed by atoms with Gasteiger partial charge in [0.15, 0.2) is 10.3 Å². The molecule has 1 aromatic heterocycles. The average Bonchev–Trinajstić information content (AvgIpc) is 2.23. The Kier molecular flexibility index (Phi) is 2.81. The Labute approximate surface area is 95.6 Å². The first-order chi connectivity index (χ1) is 6.72. The number of fused-ring (bicyclic) bond motifs is 1. The number of thioether (sulfide) groups is 1. The summed E-state index contributed by atoms with van der Waals surface area (Å²) in [5, 5.41) is 9.95. The molecule has 0 saturated heterocycles. The molecule has 2 aromatic rings. The second-order valence-corrected chi connectivity index (χ2v) is 4.29. The average molecular weight is 245 g/mol. The third-order valence-electron chi connectivity index (χ3n) is 1.90. The molecule has 0 unspecified atom stereocenters. The lowest BCUT2D eigenvalue weighted by atomic mass is 10.2. The molecule has 1 aromatic carbocycles. The molecule has 0 aliphatic carbocycles. The highest BCUT2D eigenvalue weighted by molar-refractivity contribution is 7.98. The summed E-state index contributed by atoms with van der Waals surface area (Å²) >= 11 is 13.5. The first kappa shape index (κ1) is 10.0. The van der Waals surface area contributed by atoms with Crippen LogP contribution >= 0.6 is 35.0 Å². The van der Waals surface area contributed by atoms with E-state index in [0.717, 1.165) is 15.7 Å². The summed E-state index contributed by atoms with van der Waals surface area (Å²) in [6.45, 7) is 0. The molecule has 2 nitrogen and oxygen atoms in total. The van der Waals surface area contributed by atoms with Gasteiger partial charge in [0.1, 0.15) is 0 Å². The van der Waals surface area contributed by atoms with Crippen molar-refractivity contribution in [1.29, 1.82) is 0 Å². The number of nitrogens with zero attached hydrogens (tertiary/aromatic N) is 2. The van der Waals surface area contributed by atoms with Crippen molar-refractivity contribution < 1.29 is 0 Å². The van der Waals surface area contributed by atoms with Gasteiger partial charge in [0.05, 0.1) is 0 Å². The molecule has 0 fully saturated rings. The molecule has 0 bridgehead atoms. The molecule has 0 aliphatic rings. The Bertz CT molecular complexity index is 487. The number of halogens is 2. The fourth-order valence-corrected chi connectivity index (χ4v) is 2.03. The van der Waals surface area contributed by atoms with E-state index < -0.39 is 0 Å². The Morgan fingerprint density at radius 3 is 2.36 bits per heavy atom. The molecule has 0 radical (unpaired) electrons.